The van der Waals surface area contributed by atoms with Crippen LogP contribution < -0.4 is 5.32 Å². The van der Waals surface area contributed by atoms with E-state index in [-0.39, 0.29) is 0 Å². The van der Waals surface area contributed by atoms with Gasteiger partial charge in [0.05, 0.1) is 0 Å². The Morgan fingerprint density at radius 2 is 2.20 bits per heavy atom. The van der Waals surface area contributed by atoms with E-state index in [9.17, 15) is 0 Å². The van der Waals surface area contributed by atoms with Crippen molar-refractivity contribution in [1.29, 1.82) is 0 Å². The fraction of sp³-hybridized carbons (Fsp3) is 0.556. The molecule has 0 radical (unpaired) electrons. The van der Waals surface area contributed by atoms with Gasteiger partial charge in [-0.15, -0.1) is 0 Å². The summed E-state index contributed by atoms with van der Waals surface area (Å²) in [6.45, 7) is 9.02. The van der Waals surface area contributed by atoms with Crippen molar-refractivity contribution in [3.8, 4) is 0 Å². The lowest BCUT2D eigenvalue weighted by Gasteiger charge is -2.01. The summed E-state index contributed by atoms with van der Waals surface area (Å²) >= 11 is 0. The predicted octanol–water partition coefficient (Wildman–Crippen LogP) is 2.12. The van der Waals surface area contributed by atoms with Crippen molar-refractivity contribution in [2.24, 2.45) is 0 Å². The van der Waals surface area contributed by atoms with E-state index in [2.05, 4.69) is 24.9 Å². The predicted molar refractivity (Wildman–Crippen MR) is 47.1 cm³/mol. The third kappa shape index (κ3) is 3.46. The molecule has 0 amide bonds. The summed E-state index contributed by atoms with van der Waals surface area (Å²) in [6.07, 6.45) is 3.26. The van der Waals surface area contributed by atoms with Crippen LogP contribution in [0.5, 0.6) is 0 Å². The zero-order valence-corrected chi connectivity index (χ0v) is 7.20. The van der Waals surface area contributed by atoms with Gasteiger partial charge < -0.3 is 5.32 Å². The second-order valence-electron chi connectivity index (χ2n) is 2.42. The highest BCUT2D eigenvalue weighted by Crippen LogP contribution is 2.09. The molecule has 0 aliphatic rings. The lowest BCUT2D eigenvalue weighted by molar-refractivity contribution is 0.906. The topological polar surface area (TPSA) is 12.0 Å². The van der Waals surface area contributed by atoms with Gasteiger partial charge in [0.15, 0.2) is 0 Å². The molecule has 0 unspecified atom stereocenters. The van der Waals surface area contributed by atoms with Crippen molar-refractivity contribution in [2.45, 2.75) is 20.3 Å². The van der Waals surface area contributed by atoms with Gasteiger partial charge in [-0.2, -0.15) is 0 Å². The summed E-state index contributed by atoms with van der Waals surface area (Å²) in [4.78, 5) is 0. The summed E-state index contributed by atoms with van der Waals surface area (Å²) in [5, 5.41) is 3.07. The van der Waals surface area contributed by atoms with Gasteiger partial charge in [-0.3, -0.25) is 0 Å². The van der Waals surface area contributed by atoms with Crippen LogP contribution in [0.3, 0.4) is 0 Å². The normalized spacial score (nSPS) is 11.7. The Bertz CT molecular complexity index is 134. The molecule has 0 saturated carbocycles. The van der Waals surface area contributed by atoms with Gasteiger partial charge >= 0.3 is 0 Å². The number of rotatable bonds is 4. The first-order valence-corrected chi connectivity index (χ1v) is 3.71. The van der Waals surface area contributed by atoms with Gasteiger partial charge in [-0.1, -0.05) is 25.2 Å². The molecular weight excluding hydrogens is 122 g/mol. The van der Waals surface area contributed by atoms with E-state index in [1.807, 2.05) is 14.0 Å². The van der Waals surface area contributed by atoms with Crippen molar-refractivity contribution in [2.75, 3.05) is 13.6 Å². The van der Waals surface area contributed by atoms with Crippen LogP contribution in [0.1, 0.15) is 20.3 Å². The largest absolute Gasteiger partial charge is 0.316 e. The molecule has 1 heteroatoms. The van der Waals surface area contributed by atoms with Crippen molar-refractivity contribution in [3.63, 3.8) is 0 Å². The van der Waals surface area contributed by atoms with Crippen LogP contribution >= 0.6 is 0 Å². The Labute approximate surface area is 63.8 Å². The van der Waals surface area contributed by atoms with E-state index in [4.69, 9.17) is 0 Å². The molecule has 0 aliphatic carbocycles. The Kier molecular flexibility index (Phi) is 4.95. The molecule has 0 bridgehead atoms. The average molecular weight is 139 g/mol. The molecule has 0 atom stereocenters. The highest BCUT2D eigenvalue weighted by Gasteiger charge is 1.91. The maximum absolute atomic E-state index is 3.88. The van der Waals surface area contributed by atoms with Crippen molar-refractivity contribution in [1.82, 2.24) is 5.32 Å². The standard InChI is InChI=1S/C9H17N/c1-5-9(8(2)3)6-7-10-4/h6,10H,2,5,7H2,1,3-4H3/b9-6-. The summed E-state index contributed by atoms with van der Waals surface area (Å²) in [5.41, 5.74) is 2.53. The molecule has 0 aromatic rings. The second kappa shape index (κ2) is 5.24. The first kappa shape index (κ1) is 9.44. The third-order valence-corrected chi connectivity index (χ3v) is 1.48. The number of likely N-dealkylation sites (N-methyl/N-ethyl adjacent to an activating group) is 1. The number of hydrogen-bond acceptors (Lipinski definition) is 1. The number of allylic oxidation sites excluding steroid dienone is 2. The molecular formula is C9H17N. The highest BCUT2D eigenvalue weighted by atomic mass is 14.8. The molecule has 58 valence electrons. The van der Waals surface area contributed by atoms with Crippen molar-refractivity contribution >= 4 is 0 Å². The van der Waals surface area contributed by atoms with Crippen LogP contribution in [0.15, 0.2) is 23.8 Å². The van der Waals surface area contributed by atoms with Crippen LogP contribution in [0, 0.1) is 0 Å². The van der Waals surface area contributed by atoms with Gasteiger partial charge in [0, 0.05) is 6.54 Å². The molecule has 0 aromatic heterocycles. The summed E-state index contributed by atoms with van der Waals surface area (Å²) in [5.74, 6) is 0. The van der Waals surface area contributed by atoms with E-state index in [0.717, 1.165) is 13.0 Å². The zero-order chi connectivity index (χ0) is 7.98. The van der Waals surface area contributed by atoms with Crippen LogP contribution in [0.25, 0.3) is 0 Å². The molecule has 10 heavy (non-hydrogen) atoms. The molecule has 0 saturated heterocycles. The average Bonchev–Trinajstić information content (AvgIpc) is 1.89. The maximum Gasteiger partial charge on any atom is 0.0137 e. The monoisotopic (exact) mass is 139 g/mol. The van der Waals surface area contributed by atoms with E-state index in [1.165, 1.54) is 11.1 Å². The van der Waals surface area contributed by atoms with Crippen molar-refractivity contribution in [3.05, 3.63) is 23.8 Å². The minimum absolute atomic E-state index is 0.941. The highest BCUT2D eigenvalue weighted by molar-refractivity contribution is 5.25. The van der Waals surface area contributed by atoms with E-state index in [1.54, 1.807) is 0 Å². The molecule has 0 aromatic carbocycles. The molecule has 0 spiro atoms. The maximum atomic E-state index is 3.88. The van der Waals surface area contributed by atoms with Gasteiger partial charge in [-0.05, 0) is 26.0 Å². The minimum Gasteiger partial charge on any atom is -0.316 e. The first-order chi connectivity index (χ1) is 4.72. The van der Waals surface area contributed by atoms with Gasteiger partial charge in [-0.25, -0.2) is 0 Å². The first-order valence-electron chi connectivity index (χ1n) is 3.71. The van der Waals surface area contributed by atoms with E-state index in [0.29, 0.717) is 0 Å². The van der Waals surface area contributed by atoms with Crippen molar-refractivity contribution < 1.29 is 0 Å². The quantitative estimate of drug-likeness (QED) is 0.588. The van der Waals surface area contributed by atoms with Crippen LogP contribution in [-0.2, 0) is 0 Å². The molecule has 0 heterocycles. The van der Waals surface area contributed by atoms with E-state index < -0.39 is 0 Å². The summed E-state index contributed by atoms with van der Waals surface area (Å²) < 4.78 is 0. The molecule has 0 rings (SSSR count). The Hall–Kier alpha value is -0.560. The number of hydrogen-bond donors (Lipinski definition) is 1. The van der Waals surface area contributed by atoms with Gasteiger partial charge in [0.25, 0.3) is 0 Å². The van der Waals surface area contributed by atoms with Crippen LogP contribution in [0.4, 0.5) is 0 Å². The fourth-order valence-corrected chi connectivity index (χ4v) is 0.846. The summed E-state index contributed by atoms with van der Waals surface area (Å²) in [6, 6.07) is 0. The fourth-order valence-electron chi connectivity index (χ4n) is 0.846. The second-order valence-corrected chi connectivity index (χ2v) is 2.42. The Balaban J connectivity index is 3.91. The SMILES string of the molecule is C=C(C)/C(=C\CNC)CC. The molecule has 0 fully saturated rings. The lowest BCUT2D eigenvalue weighted by Crippen LogP contribution is -2.05. The van der Waals surface area contributed by atoms with Gasteiger partial charge in [0.2, 0.25) is 0 Å². The smallest absolute Gasteiger partial charge is 0.0137 e. The zero-order valence-electron chi connectivity index (χ0n) is 7.20. The van der Waals surface area contributed by atoms with Crippen LogP contribution in [0.2, 0.25) is 0 Å². The minimum atomic E-state index is 0.941. The lowest BCUT2D eigenvalue weighted by atomic mass is 10.1. The number of nitrogens with one attached hydrogen (secondary N) is 1. The van der Waals surface area contributed by atoms with Crippen LogP contribution in [-0.4, -0.2) is 13.6 Å². The molecule has 0 aliphatic heterocycles. The molecule has 1 nitrogen and oxygen atoms in total. The Morgan fingerprint density at radius 1 is 1.60 bits per heavy atom. The molecule has 1 N–H and O–H groups in total. The van der Waals surface area contributed by atoms with E-state index >= 15 is 0 Å². The Morgan fingerprint density at radius 3 is 2.50 bits per heavy atom. The summed E-state index contributed by atoms with van der Waals surface area (Å²) in [7, 11) is 1.95. The third-order valence-electron chi connectivity index (χ3n) is 1.48. The van der Waals surface area contributed by atoms with Gasteiger partial charge in [0.1, 0.15) is 0 Å².